The summed E-state index contributed by atoms with van der Waals surface area (Å²) in [6.45, 7) is 6.99. The lowest BCUT2D eigenvalue weighted by Crippen LogP contribution is -2.56. The molecule has 0 saturated heterocycles. The molecular weight excluding hydrogens is 284 g/mol. The Hall–Kier alpha value is -0.660. The van der Waals surface area contributed by atoms with E-state index in [0.717, 1.165) is 38.0 Å². The van der Waals surface area contributed by atoms with Crippen molar-refractivity contribution in [2.45, 2.75) is 78.6 Å². The van der Waals surface area contributed by atoms with Crippen LogP contribution >= 0.6 is 0 Å². The van der Waals surface area contributed by atoms with Gasteiger partial charge in [-0.15, -0.1) is 0 Å². The van der Waals surface area contributed by atoms with Crippen molar-refractivity contribution >= 4 is 11.6 Å². The molecule has 4 aliphatic carbocycles. The van der Waals surface area contributed by atoms with E-state index < -0.39 is 0 Å². The van der Waals surface area contributed by atoms with E-state index in [4.69, 9.17) is 0 Å². The molecule has 128 valence electrons. The molecule has 0 spiro atoms. The maximum atomic E-state index is 13.2. The first kappa shape index (κ1) is 15.8. The lowest BCUT2D eigenvalue weighted by atomic mass is 9.44. The van der Waals surface area contributed by atoms with Crippen LogP contribution in [0.25, 0.3) is 0 Å². The maximum Gasteiger partial charge on any atom is 0.139 e. The van der Waals surface area contributed by atoms with Crippen molar-refractivity contribution in [2.24, 2.45) is 40.4 Å². The third-order valence-electron chi connectivity index (χ3n) is 9.02. The monoisotopic (exact) mass is 316 g/mol. The minimum absolute atomic E-state index is 0.0381. The summed E-state index contributed by atoms with van der Waals surface area (Å²) in [5.41, 5.74) is 0.210. The number of Topliss-reactive ketones (excluding diaryl/α,β-unsaturated/α-hetero) is 2. The number of carbonyl (C=O) groups excluding carboxylic acids is 2. The lowest BCUT2D eigenvalue weighted by molar-refractivity contribution is -0.157. The van der Waals surface area contributed by atoms with Gasteiger partial charge < -0.3 is 0 Å². The molecule has 0 heterocycles. The van der Waals surface area contributed by atoms with Crippen LogP contribution in [0.3, 0.4) is 0 Å². The van der Waals surface area contributed by atoms with Crippen molar-refractivity contribution in [1.29, 1.82) is 0 Å². The minimum atomic E-state index is -0.0381. The molecule has 2 heteroatoms. The fourth-order valence-corrected chi connectivity index (χ4v) is 7.52. The number of fused-ring (bicyclic) bond motifs is 5. The quantitative estimate of drug-likeness (QED) is 0.696. The Kier molecular flexibility index (Phi) is 3.56. The summed E-state index contributed by atoms with van der Waals surface area (Å²) in [5.74, 6) is 4.09. The second-order valence-corrected chi connectivity index (χ2v) is 9.49. The molecule has 23 heavy (non-hydrogen) atoms. The average Bonchev–Trinajstić information content (AvgIpc) is 2.87. The van der Waals surface area contributed by atoms with Crippen LogP contribution in [0.1, 0.15) is 78.6 Å². The van der Waals surface area contributed by atoms with Gasteiger partial charge in [0.2, 0.25) is 0 Å². The SMILES string of the molecule is CCC1CCC2C3CCC4CC(=O)CCC4(C)C3CC(=O)C12C. The normalized spacial score (nSPS) is 52.7. The van der Waals surface area contributed by atoms with Crippen LogP contribution in [0.15, 0.2) is 0 Å². The molecule has 0 aromatic rings. The van der Waals surface area contributed by atoms with Crippen LogP contribution < -0.4 is 0 Å². The van der Waals surface area contributed by atoms with Crippen LogP contribution in [-0.4, -0.2) is 11.6 Å². The van der Waals surface area contributed by atoms with Crippen LogP contribution in [0.2, 0.25) is 0 Å². The van der Waals surface area contributed by atoms with E-state index in [1.165, 1.54) is 25.7 Å². The Morgan fingerprint density at radius 2 is 1.78 bits per heavy atom. The Labute approximate surface area is 140 Å². The lowest BCUT2D eigenvalue weighted by Gasteiger charge is -2.59. The molecule has 4 rings (SSSR count). The molecule has 4 saturated carbocycles. The molecule has 7 unspecified atom stereocenters. The van der Waals surface area contributed by atoms with Gasteiger partial charge in [0.15, 0.2) is 0 Å². The average molecular weight is 316 g/mol. The minimum Gasteiger partial charge on any atom is -0.300 e. The zero-order chi connectivity index (χ0) is 16.4. The van der Waals surface area contributed by atoms with Crippen molar-refractivity contribution in [1.82, 2.24) is 0 Å². The number of hydrogen-bond acceptors (Lipinski definition) is 2. The van der Waals surface area contributed by atoms with Gasteiger partial charge in [0.25, 0.3) is 0 Å². The highest BCUT2D eigenvalue weighted by Crippen LogP contribution is 2.66. The molecule has 2 nitrogen and oxygen atoms in total. The third-order valence-corrected chi connectivity index (χ3v) is 9.02. The molecule has 0 aromatic heterocycles. The van der Waals surface area contributed by atoms with E-state index in [0.29, 0.717) is 35.2 Å². The first-order valence-corrected chi connectivity index (χ1v) is 9.96. The van der Waals surface area contributed by atoms with Crippen molar-refractivity contribution in [3.05, 3.63) is 0 Å². The standard InChI is InChI=1S/C21H32O2/c1-4-13-6-8-17-16-7-5-14-11-15(22)9-10-20(14,2)18(16)12-19(23)21(13,17)3/h13-14,16-18H,4-12H2,1-3H3. The fourth-order valence-electron chi connectivity index (χ4n) is 7.52. The van der Waals surface area contributed by atoms with Gasteiger partial charge in [0, 0.05) is 24.7 Å². The number of hydrogen-bond donors (Lipinski definition) is 0. The predicted molar refractivity (Wildman–Crippen MR) is 90.9 cm³/mol. The van der Waals surface area contributed by atoms with Crippen molar-refractivity contribution in [3.63, 3.8) is 0 Å². The Balaban J connectivity index is 1.68. The summed E-state index contributed by atoms with van der Waals surface area (Å²) in [6.07, 6.45) is 9.54. The van der Waals surface area contributed by atoms with Gasteiger partial charge in [-0.2, -0.15) is 0 Å². The fraction of sp³-hybridized carbons (Fsp3) is 0.905. The summed E-state index contributed by atoms with van der Waals surface area (Å²) in [7, 11) is 0. The van der Waals surface area contributed by atoms with E-state index in [9.17, 15) is 9.59 Å². The highest BCUT2D eigenvalue weighted by molar-refractivity contribution is 5.87. The van der Waals surface area contributed by atoms with E-state index in [1.54, 1.807) is 0 Å². The van der Waals surface area contributed by atoms with Crippen LogP contribution in [-0.2, 0) is 9.59 Å². The zero-order valence-electron chi connectivity index (χ0n) is 15.1. The number of ketones is 2. The first-order valence-electron chi connectivity index (χ1n) is 9.96. The smallest absolute Gasteiger partial charge is 0.139 e. The van der Waals surface area contributed by atoms with E-state index >= 15 is 0 Å². The van der Waals surface area contributed by atoms with Gasteiger partial charge in [-0.05, 0) is 67.1 Å². The number of rotatable bonds is 1. The van der Waals surface area contributed by atoms with Crippen LogP contribution in [0.5, 0.6) is 0 Å². The molecule has 0 bridgehead atoms. The van der Waals surface area contributed by atoms with Crippen LogP contribution in [0, 0.1) is 40.4 Å². The largest absolute Gasteiger partial charge is 0.300 e. The molecule has 4 aliphatic rings. The van der Waals surface area contributed by atoms with Gasteiger partial charge in [-0.3, -0.25) is 9.59 Å². The summed E-state index contributed by atoms with van der Waals surface area (Å²) >= 11 is 0. The third kappa shape index (κ3) is 1.99. The molecule has 0 radical (unpaired) electrons. The Morgan fingerprint density at radius 3 is 2.52 bits per heavy atom. The molecule has 4 fully saturated rings. The summed E-state index contributed by atoms with van der Waals surface area (Å²) in [6, 6.07) is 0. The zero-order valence-corrected chi connectivity index (χ0v) is 15.1. The maximum absolute atomic E-state index is 13.2. The molecule has 0 aromatic carbocycles. The van der Waals surface area contributed by atoms with Gasteiger partial charge in [0.1, 0.15) is 11.6 Å². The Morgan fingerprint density at radius 1 is 1.00 bits per heavy atom. The Bertz CT molecular complexity index is 538. The van der Waals surface area contributed by atoms with Crippen molar-refractivity contribution in [2.75, 3.05) is 0 Å². The summed E-state index contributed by atoms with van der Waals surface area (Å²) in [4.78, 5) is 25.2. The van der Waals surface area contributed by atoms with Crippen LogP contribution in [0.4, 0.5) is 0 Å². The summed E-state index contributed by atoms with van der Waals surface area (Å²) < 4.78 is 0. The van der Waals surface area contributed by atoms with E-state index in [-0.39, 0.29) is 10.8 Å². The van der Waals surface area contributed by atoms with Gasteiger partial charge >= 0.3 is 0 Å². The molecule has 7 atom stereocenters. The molecular formula is C21H32O2. The van der Waals surface area contributed by atoms with E-state index in [1.807, 2.05) is 0 Å². The second-order valence-electron chi connectivity index (χ2n) is 9.49. The second kappa shape index (κ2) is 5.17. The van der Waals surface area contributed by atoms with E-state index in [2.05, 4.69) is 20.8 Å². The first-order chi connectivity index (χ1) is 10.9. The van der Waals surface area contributed by atoms with Gasteiger partial charge in [0.05, 0.1) is 0 Å². The predicted octanol–water partition coefficient (Wildman–Crippen LogP) is 4.80. The highest BCUT2D eigenvalue weighted by atomic mass is 16.1. The topological polar surface area (TPSA) is 34.1 Å². The van der Waals surface area contributed by atoms with Gasteiger partial charge in [-0.25, -0.2) is 0 Å². The number of carbonyl (C=O) groups is 2. The molecule has 0 aliphatic heterocycles. The summed E-state index contributed by atoms with van der Waals surface area (Å²) in [5, 5.41) is 0. The molecule has 0 amide bonds. The van der Waals surface area contributed by atoms with Gasteiger partial charge in [-0.1, -0.05) is 27.2 Å². The molecule has 0 N–H and O–H groups in total. The van der Waals surface area contributed by atoms with Crippen molar-refractivity contribution < 1.29 is 9.59 Å². The van der Waals surface area contributed by atoms with Crippen molar-refractivity contribution in [3.8, 4) is 0 Å². The highest BCUT2D eigenvalue weighted by Gasteiger charge is 2.62.